The van der Waals surface area contributed by atoms with Crippen molar-refractivity contribution in [2.45, 2.75) is 19.8 Å². The van der Waals surface area contributed by atoms with E-state index < -0.39 is 5.97 Å². The van der Waals surface area contributed by atoms with Gasteiger partial charge in [-0.15, -0.1) is 0 Å². The van der Waals surface area contributed by atoms with Gasteiger partial charge < -0.3 is 14.8 Å². The summed E-state index contributed by atoms with van der Waals surface area (Å²) < 4.78 is 6.92. The van der Waals surface area contributed by atoms with Crippen molar-refractivity contribution in [3.8, 4) is 11.5 Å². The largest absolute Gasteiger partial charge is 0.481 e. The number of carbonyl (C=O) groups is 1. The number of carboxylic acids is 1. The summed E-state index contributed by atoms with van der Waals surface area (Å²) in [5.41, 5.74) is 5.15. The lowest BCUT2D eigenvalue weighted by Gasteiger charge is -2.13. The SMILES string of the molecule is Cc1cc(CC(=O)O)cc(Br)c1Oc1ccc2[nH]cc(Cc3ccccc3)c2c1. The van der Waals surface area contributed by atoms with Gasteiger partial charge in [-0.25, -0.2) is 0 Å². The second kappa shape index (κ2) is 8.13. The van der Waals surface area contributed by atoms with E-state index in [0.717, 1.165) is 38.7 Å². The summed E-state index contributed by atoms with van der Waals surface area (Å²) >= 11 is 3.52. The van der Waals surface area contributed by atoms with Crippen molar-refractivity contribution < 1.29 is 14.6 Å². The summed E-state index contributed by atoms with van der Waals surface area (Å²) in [5, 5.41) is 10.1. The normalized spacial score (nSPS) is 11.0. The zero-order valence-electron chi connectivity index (χ0n) is 15.9. The molecule has 0 spiro atoms. The first-order valence-electron chi connectivity index (χ1n) is 9.32. The molecular weight excluding hydrogens is 430 g/mol. The molecule has 4 rings (SSSR count). The summed E-state index contributed by atoms with van der Waals surface area (Å²) in [6, 6.07) is 20.0. The lowest BCUT2D eigenvalue weighted by molar-refractivity contribution is -0.136. The monoisotopic (exact) mass is 449 g/mol. The molecule has 3 aromatic carbocycles. The van der Waals surface area contributed by atoms with Crippen LogP contribution in [0.5, 0.6) is 11.5 Å². The van der Waals surface area contributed by atoms with Gasteiger partial charge in [0, 0.05) is 17.1 Å². The van der Waals surface area contributed by atoms with Crippen LogP contribution in [-0.4, -0.2) is 16.1 Å². The van der Waals surface area contributed by atoms with Crippen molar-refractivity contribution in [3.63, 3.8) is 0 Å². The van der Waals surface area contributed by atoms with E-state index in [0.29, 0.717) is 5.75 Å². The van der Waals surface area contributed by atoms with Crippen LogP contribution in [0, 0.1) is 6.92 Å². The van der Waals surface area contributed by atoms with Gasteiger partial charge in [-0.1, -0.05) is 36.4 Å². The Morgan fingerprint density at radius 1 is 1.07 bits per heavy atom. The Morgan fingerprint density at radius 3 is 2.59 bits per heavy atom. The van der Waals surface area contributed by atoms with Crippen LogP contribution < -0.4 is 4.74 Å². The molecule has 0 aliphatic heterocycles. The van der Waals surface area contributed by atoms with Crippen molar-refractivity contribution in [3.05, 3.63) is 93.6 Å². The molecule has 0 saturated carbocycles. The highest BCUT2D eigenvalue weighted by Crippen LogP contribution is 2.36. The number of aliphatic carboxylic acids is 1. The maximum atomic E-state index is 11.0. The summed E-state index contributed by atoms with van der Waals surface area (Å²) in [6.07, 6.45) is 2.87. The molecule has 0 aliphatic carbocycles. The second-order valence-corrected chi connectivity index (χ2v) is 7.93. The molecule has 0 unspecified atom stereocenters. The number of ether oxygens (including phenoxy) is 1. The van der Waals surface area contributed by atoms with Gasteiger partial charge in [0.15, 0.2) is 0 Å². The summed E-state index contributed by atoms with van der Waals surface area (Å²) in [6.45, 7) is 1.92. The number of rotatable bonds is 6. The molecule has 5 heteroatoms. The lowest BCUT2D eigenvalue weighted by atomic mass is 10.0. The fourth-order valence-electron chi connectivity index (χ4n) is 3.51. The number of aryl methyl sites for hydroxylation is 1. The van der Waals surface area contributed by atoms with Crippen LogP contribution in [0.25, 0.3) is 10.9 Å². The van der Waals surface area contributed by atoms with Crippen LogP contribution in [0.15, 0.2) is 71.3 Å². The van der Waals surface area contributed by atoms with Crippen LogP contribution in [0.1, 0.15) is 22.3 Å². The molecule has 0 radical (unpaired) electrons. The van der Waals surface area contributed by atoms with Gasteiger partial charge in [0.2, 0.25) is 0 Å². The third-order valence-corrected chi connectivity index (χ3v) is 5.43. The number of hydrogen-bond acceptors (Lipinski definition) is 2. The van der Waals surface area contributed by atoms with E-state index in [9.17, 15) is 4.79 Å². The number of halogens is 1. The highest BCUT2D eigenvalue weighted by molar-refractivity contribution is 9.10. The number of benzene rings is 3. The van der Waals surface area contributed by atoms with Gasteiger partial charge in [0.1, 0.15) is 11.5 Å². The van der Waals surface area contributed by atoms with E-state index >= 15 is 0 Å². The molecule has 0 aliphatic rings. The number of H-pyrrole nitrogens is 1. The molecular formula is C24H20BrNO3. The van der Waals surface area contributed by atoms with Gasteiger partial charge in [-0.2, -0.15) is 0 Å². The first-order chi connectivity index (χ1) is 14.0. The zero-order chi connectivity index (χ0) is 20.4. The minimum atomic E-state index is -0.853. The van der Waals surface area contributed by atoms with Crippen molar-refractivity contribution in [1.82, 2.24) is 4.98 Å². The molecule has 146 valence electrons. The fraction of sp³-hybridized carbons (Fsp3) is 0.125. The number of aromatic amines is 1. The molecule has 4 aromatic rings. The number of nitrogens with one attached hydrogen (secondary N) is 1. The molecule has 0 atom stereocenters. The summed E-state index contributed by atoms with van der Waals surface area (Å²) in [5.74, 6) is 0.577. The molecule has 0 saturated heterocycles. The highest BCUT2D eigenvalue weighted by atomic mass is 79.9. The molecule has 0 fully saturated rings. The Balaban J connectivity index is 1.63. The lowest BCUT2D eigenvalue weighted by Crippen LogP contribution is -2.01. The van der Waals surface area contributed by atoms with Crippen LogP contribution in [-0.2, 0) is 17.6 Å². The molecule has 2 N–H and O–H groups in total. The van der Waals surface area contributed by atoms with Crippen LogP contribution >= 0.6 is 15.9 Å². The Morgan fingerprint density at radius 2 is 1.86 bits per heavy atom. The Hall–Kier alpha value is -3.05. The molecule has 1 aromatic heterocycles. The van der Waals surface area contributed by atoms with Gasteiger partial charge in [0.05, 0.1) is 10.9 Å². The van der Waals surface area contributed by atoms with Crippen LogP contribution in [0.4, 0.5) is 0 Å². The van der Waals surface area contributed by atoms with Gasteiger partial charge in [-0.3, -0.25) is 4.79 Å². The van der Waals surface area contributed by atoms with Crippen molar-refractivity contribution in [2.75, 3.05) is 0 Å². The van der Waals surface area contributed by atoms with Crippen molar-refractivity contribution in [1.29, 1.82) is 0 Å². The average molecular weight is 450 g/mol. The minimum absolute atomic E-state index is 0.0160. The molecule has 1 heterocycles. The van der Waals surface area contributed by atoms with Crippen LogP contribution in [0.2, 0.25) is 0 Å². The molecule has 4 nitrogen and oxygen atoms in total. The van der Waals surface area contributed by atoms with E-state index in [2.05, 4.69) is 33.0 Å². The first kappa shape index (κ1) is 19.3. The maximum Gasteiger partial charge on any atom is 0.307 e. The average Bonchev–Trinajstić information content (AvgIpc) is 3.07. The van der Waals surface area contributed by atoms with Gasteiger partial charge in [-0.05, 0) is 75.8 Å². The van der Waals surface area contributed by atoms with E-state index in [1.165, 1.54) is 11.1 Å². The number of hydrogen-bond donors (Lipinski definition) is 2. The third kappa shape index (κ3) is 4.35. The van der Waals surface area contributed by atoms with E-state index in [-0.39, 0.29) is 6.42 Å². The topological polar surface area (TPSA) is 62.3 Å². The number of carboxylic acid groups (broad SMARTS) is 1. The predicted molar refractivity (Wildman–Crippen MR) is 118 cm³/mol. The van der Waals surface area contributed by atoms with Gasteiger partial charge >= 0.3 is 5.97 Å². The molecule has 0 bridgehead atoms. The quantitative estimate of drug-likeness (QED) is 0.365. The smallest absolute Gasteiger partial charge is 0.307 e. The maximum absolute atomic E-state index is 11.0. The molecule has 29 heavy (non-hydrogen) atoms. The third-order valence-electron chi connectivity index (χ3n) is 4.84. The van der Waals surface area contributed by atoms with E-state index in [1.807, 2.05) is 55.6 Å². The number of aromatic nitrogens is 1. The van der Waals surface area contributed by atoms with Gasteiger partial charge in [0.25, 0.3) is 0 Å². The zero-order valence-corrected chi connectivity index (χ0v) is 17.5. The Bertz CT molecular complexity index is 1160. The first-order valence-corrected chi connectivity index (χ1v) is 10.1. The van der Waals surface area contributed by atoms with E-state index in [1.54, 1.807) is 6.07 Å². The Labute approximate surface area is 177 Å². The predicted octanol–water partition coefficient (Wildman–Crippen LogP) is 6.25. The standard InChI is InChI=1S/C24H20BrNO3/c1-15-9-17(12-23(27)28)11-21(25)24(15)29-19-7-8-22-20(13-19)18(14-26-22)10-16-5-3-2-4-6-16/h2-9,11,13-14,26H,10,12H2,1H3,(H,27,28). The summed E-state index contributed by atoms with van der Waals surface area (Å²) in [7, 11) is 0. The van der Waals surface area contributed by atoms with Crippen molar-refractivity contribution >= 4 is 32.8 Å². The molecule has 0 amide bonds. The van der Waals surface area contributed by atoms with Crippen molar-refractivity contribution in [2.24, 2.45) is 0 Å². The Kier molecular flexibility index (Phi) is 5.41. The summed E-state index contributed by atoms with van der Waals surface area (Å²) in [4.78, 5) is 14.3. The van der Waals surface area contributed by atoms with Crippen LogP contribution in [0.3, 0.4) is 0 Å². The highest BCUT2D eigenvalue weighted by Gasteiger charge is 2.12. The van der Waals surface area contributed by atoms with E-state index in [4.69, 9.17) is 9.84 Å². The minimum Gasteiger partial charge on any atom is -0.481 e. The number of fused-ring (bicyclic) bond motifs is 1. The fourth-order valence-corrected chi connectivity index (χ4v) is 4.20. The second-order valence-electron chi connectivity index (χ2n) is 7.08.